The molecule has 12 bridgehead atoms. The highest BCUT2D eigenvalue weighted by Gasteiger charge is 2.63. The molecule has 0 heterocycles. The van der Waals surface area contributed by atoms with Gasteiger partial charge in [0.1, 0.15) is 0 Å². The summed E-state index contributed by atoms with van der Waals surface area (Å²) in [5.74, 6) is 25.4. The molecule has 21 unspecified atom stereocenters. The quantitative estimate of drug-likeness (QED) is 0.0987. The van der Waals surface area contributed by atoms with Crippen LogP contribution >= 0.6 is 0 Å². The molecule has 11 saturated carbocycles. The van der Waals surface area contributed by atoms with E-state index in [1.807, 2.05) is 0 Å². The summed E-state index contributed by atoms with van der Waals surface area (Å²) >= 11 is 0. The lowest BCUT2D eigenvalue weighted by atomic mass is 9.64. The summed E-state index contributed by atoms with van der Waals surface area (Å²) < 4.78 is 0. The Morgan fingerprint density at radius 1 is 0.317 bits per heavy atom. The zero-order valence-electron chi connectivity index (χ0n) is 39.0. The van der Waals surface area contributed by atoms with Gasteiger partial charge in [0.2, 0.25) is 0 Å². The van der Waals surface area contributed by atoms with Gasteiger partial charge < -0.3 is 0 Å². The first-order valence-electron chi connectivity index (χ1n) is 28.7. The van der Waals surface area contributed by atoms with Gasteiger partial charge in [-0.05, 0) is 200 Å². The standard InChI is InChI=1S/C22H36.C20H30.C18H26/c1-2-3-4-5-6-7-8-9-10-16-13-19-15-20(16)22-18-12-11-17(14-18)21(19)22;1-2-4-13(5-3-1)6-7-14-10-17-12-18(14)20-16-9-8-15(11-16)19(17)20;1-2-4-11(5-3-1)15-9-14-10-16(15)18-13-7-6-12(8-13)17(14)18/h11-12,16-22H,2-10,13-15H2,1H3;8-9,13-20H,1-7,10-12H2;6-7,11-18H,1-5,8-10H2. The third-order valence-electron chi connectivity index (χ3n) is 23.5. The Labute approximate surface area is 370 Å². The van der Waals surface area contributed by atoms with Crippen LogP contribution in [0.4, 0.5) is 0 Å². The van der Waals surface area contributed by atoms with Crippen LogP contribution in [0.5, 0.6) is 0 Å². The maximum absolute atomic E-state index is 2.60. The van der Waals surface area contributed by atoms with Gasteiger partial charge in [0.25, 0.3) is 0 Å². The molecule has 21 atom stereocenters. The van der Waals surface area contributed by atoms with E-state index in [2.05, 4.69) is 43.4 Å². The molecular weight excluding hydrogens is 721 g/mol. The number of hydrogen-bond acceptors (Lipinski definition) is 0. The Balaban J connectivity index is 0.0000000973. The molecule has 0 amide bonds. The minimum Gasteiger partial charge on any atom is -0.0848 e. The zero-order chi connectivity index (χ0) is 39.7. The monoisotopic (exact) mass is 813 g/mol. The van der Waals surface area contributed by atoms with E-state index < -0.39 is 0 Å². The Hall–Kier alpha value is -0.780. The Morgan fingerprint density at radius 2 is 0.733 bits per heavy atom. The van der Waals surface area contributed by atoms with Crippen LogP contribution in [0.1, 0.15) is 200 Å². The number of rotatable bonds is 13. The largest absolute Gasteiger partial charge is 0.0848 e. The third-order valence-corrected chi connectivity index (χ3v) is 23.5. The van der Waals surface area contributed by atoms with Crippen molar-refractivity contribution in [1.29, 1.82) is 0 Å². The minimum atomic E-state index is 1.01. The lowest BCUT2D eigenvalue weighted by molar-refractivity contribution is 0.0918. The van der Waals surface area contributed by atoms with E-state index in [4.69, 9.17) is 0 Å². The van der Waals surface area contributed by atoms with Gasteiger partial charge >= 0.3 is 0 Å². The highest BCUT2D eigenvalue weighted by Crippen LogP contribution is 2.70. The molecule has 0 aromatic rings. The Kier molecular flexibility index (Phi) is 11.9. The van der Waals surface area contributed by atoms with Crippen molar-refractivity contribution < 1.29 is 0 Å². The van der Waals surface area contributed by atoms with Crippen molar-refractivity contribution in [3.8, 4) is 0 Å². The van der Waals surface area contributed by atoms with E-state index >= 15 is 0 Å². The second-order valence-electron chi connectivity index (χ2n) is 25.9. The molecule has 0 radical (unpaired) electrons. The summed E-state index contributed by atoms with van der Waals surface area (Å²) in [5.41, 5.74) is 0. The van der Waals surface area contributed by atoms with Crippen molar-refractivity contribution in [1.82, 2.24) is 0 Å². The molecule has 14 rings (SSSR count). The fourth-order valence-corrected chi connectivity index (χ4v) is 21.6. The molecule has 0 aliphatic heterocycles. The molecular formula is C60H92. The first kappa shape index (κ1) is 40.7. The summed E-state index contributed by atoms with van der Waals surface area (Å²) in [7, 11) is 0. The average Bonchev–Trinajstić information content (AvgIpc) is 4.14. The van der Waals surface area contributed by atoms with Crippen molar-refractivity contribution >= 4 is 0 Å². The average molecular weight is 813 g/mol. The van der Waals surface area contributed by atoms with Crippen LogP contribution in [0, 0.1) is 136 Å². The molecule has 14 aliphatic rings. The molecule has 0 aromatic heterocycles. The molecule has 11 fully saturated rings. The van der Waals surface area contributed by atoms with Gasteiger partial charge in [0, 0.05) is 0 Å². The van der Waals surface area contributed by atoms with Crippen LogP contribution in [0.25, 0.3) is 0 Å². The maximum atomic E-state index is 2.60. The fourth-order valence-electron chi connectivity index (χ4n) is 21.6. The predicted molar refractivity (Wildman–Crippen MR) is 252 cm³/mol. The molecule has 0 heteroatoms. The van der Waals surface area contributed by atoms with Crippen molar-refractivity contribution in [2.24, 2.45) is 136 Å². The van der Waals surface area contributed by atoms with E-state index in [9.17, 15) is 0 Å². The van der Waals surface area contributed by atoms with Crippen LogP contribution in [0.3, 0.4) is 0 Å². The lowest BCUT2D eigenvalue weighted by Crippen LogP contribution is -2.34. The number of hydrogen-bond donors (Lipinski definition) is 0. The van der Waals surface area contributed by atoms with Crippen molar-refractivity contribution in [2.75, 3.05) is 0 Å². The summed E-state index contributed by atoms with van der Waals surface area (Å²) in [5, 5.41) is 0. The van der Waals surface area contributed by atoms with Crippen molar-refractivity contribution in [2.45, 2.75) is 200 Å². The summed E-state index contributed by atoms with van der Waals surface area (Å²) in [4.78, 5) is 0. The highest BCUT2D eigenvalue weighted by atomic mass is 14.7. The molecule has 0 N–H and O–H groups in total. The molecule has 0 nitrogen and oxygen atoms in total. The van der Waals surface area contributed by atoms with Crippen molar-refractivity contribution in [3.05, 3.63) is 36.5 Å². The first-order valence-corrected chi connectivity index (χ1v) is 28.7. The zero-order valence-corrected chi connectivity index (χ0v) is 39.0. The Bertz CT molecular complexity index is 1530. The van der Waals surface area contributed by atoms with Gasteiger partial charge in [-0.25, -0.2) is 0 Å². The molecule has 0 aromatic carbocycles. The third kappa shape index (κ3) is 7.32. The van der Waals surface area contributed by atoms with E-state index in [1.165, 1.54) is 89.9 Å². The molecule has 0 saturated heterocycles. The molecule has 332 valence electrons. The van der Waals surface area contributed by atoms with E-state index in [0.717, 1.165) is 136 Å². The maximum Gasteiger partial charge on any atom is -0.0194 e. The van der Waals surface area contributed by atoms with Crippen LogP contribution in [-0.4, -0.2) is 0 Å². The van der Waals surface area contributed by atoms with Crippen LogP contribution in [0.15, 0.2) is 36.5 Å². The van der Waals surface area contributed by atoms with Crippen LogP contribution < -0.4 is 0 Å². The topological polar surface area (TPSA) is 0 Å². The van der Waals surface area contributed by atoms with Gasteiger partial charge in [-0.1, -0.05) is 172 Å². The number of fused-ring (bicyclic) bond motifs is 27. The molecule has 60 heavy (non-hydrogen) atoms. The normalized spacial score (nSPS) is 51.0. The second-order valence-corrected chi connectivity index (χ2v) is 25.9. The summed E-state index contributed by atoms with van der Waals surface area (Å²) in [6.07, 6.45) is 61.9. The second kappa shape index (κ2) is 17.5. The number of unbranched alkanes of at least 4 members (excludes halogenated alkanes) is 7. The van der Waals surface area contributed by atoms with Gasteiger partial charge in [0.05, 0.1) is 0 Å². The minimum absolute atomic E-state index is 1.01. The summed E-state index contributed by atoms with van der Waals surface area (Å²) in [6.45, 7) is 2.31. The SMILES string of the molecule is C1=CC2CC1C1C3CC(C4CCCCC4)C(C3)C21.C1=CC2CC1C1C3CC(CCC4CCCCC4)C(C3)C21.CCCCCCCCCCC1CC2CC1C1C3C=CC(C3)C21. The van der Waals surface area contributed by atoms with Gasteiger partial charge in [-0.2, -0.15) is 0 Å². The van der Waals surface area contributed by atoms with E-state index in [-0.39, 0.29) is 0 Å². The molecule has 14 aliphatic carbocycles. The lowest BCUT2D eigenvalue weighted by Gasteiger charge is -2.41. The predicted octanol–water partition coefficient (Wildman–Crippen LogP) is 16.7. The Morgan fingerprint density at radius 3 is 1.28 bits per heavy atom. The van der Waals surface area contributed by atoms with Gasteiger partial charge in [0.15, 0.2) is 0 Å². The smallest absolute Gasteiger partial charge is 0.0194 e. The number of allylic oxidation sites excluding steroid dienone is 6. The van der Waals surface area contributed by atoms with Gasteiger partial charge in [-0.3, -0.25) is 0 Å². The fraction of sp³-hybridized carbons (Fsp3) is 0.900. The van der Waals surface area contributed by atoms with Gasteiger partial charge in [-0.15, -0.1) is 0 Å². The van der Waals surface area contributed by atoms with Crippen LogP contribution in [-0.2, 0) is 0 Å². The summed E-state index contributed by atoms with van der Waals surface area (Å²) in [6, 6.07) is 0. The van der Waals surface area contributed by atoms with E-state index in [1.54, 1.807) is 103 Å². The highest BCUT2D eigenvalue weighted by molar-refractivity contribution is 5.23. The van der Waals surface area contributed by atoms with Crippen molar-refractivity contribution in [3.63, 3.8) is 0 Å². The van der Waals surface area contributed by atoms with Crippen LogP contribution in [0.2, 0.25) is 0 Å². The molecule has 0 spiro atoms. The first-order chi connectivity index (χ1) is 29.7. The van der Waals surface area contributed by atoms with E-state index in [0.29, 0.717) is 0 Å².